The minimum atomic E-state index is -0.880. The lowest BCUT2D eigenvalue weighted by atomic mass is 10.0. The summed E-state index contributed by atoms with van der Waals surface area (Å²) in [7, 11) is 0. The molecule has 0 aliphatic carbocycles. The molecule has 8 heteroatoms. The van der Waals surface area contributed by atoms with Crippen molar-refractivity contribution in [3.8, 4) is 5.75 Å². The molecule has 0 spiro atoms. The number of pyridine rings is 2. The maximum absolute atomic E-state index is 11.8. The summed E-state index contributed by atoms with van der Waals surface area (Å²) >= 11 is 0. The number of anilines is 1. The highest BCUT2D eigenvalue weighted by molar-refractivity contribution is 5.83. The van der Waals surface area contributed by atoms with Gasteiger partial charge in [0, 0.05) is 41.8 Å². The van der Waals surface area contributed by atoms with Crippen LogP contribution in [-0.4, -0.2) is 44.0 Å². The van der Waals surface area contributed by atoms with Crippen LogP contribution in [0.5, 0.6) is 5.75 Å². The fourth-order valence-corrected chi connectivity index (χ4v) is 4.98. The summed E-state index contributed by atoms with van der Waals surface area (Å²) in [6.07, 6.45) is 8.07. The van der Waals surface area contributed by atoms with Crippen molar-refractivity contribution in [2.24, 2.45) is 0 Å². The Hall–Kier alpha value is -4.46. The van der Waals surface area contributed by atoms with Gasteiger partial charge in [-0.25, -0.2) is 0 Å². The lowest BCUT2D eigenvalue weighted by Crippen LogP contribution is -2.16. The van der Waals surface area contributed by atoms with Crippen LogP contribution in [0, 0.1) is 0 Å². The Bertz CT molecular complexity index is 1600. The van der Waals surface area contributed by atoms with E-state index < -0.39 is 12.0 Å². The molecule has 186 valence electrons. The number of benzene rings is 2. The minimum absolute atomic E-state index is 0.0745. The van der Waals surface area contributed by atoms with Crippen LogP contribution in [0.25, 0.3) is 21.7 Å². The van der Waals surface area contributed by atoms with E-state index in [2.05, 4.69) is 27.5 Å². The van der Waals surface area contributed by atoms with Crippen LogP contribution in [-0.2, 0) is 17.6 Å². The number of nitrogens with zero attached hydrogens (tertiary/aromatic N) is 4. The van der Waals surface area contributed by atoms with Gasteiger partial charge in [0.05, 0.1) is 42.2 Å². The van der Waals surface area contributed by atoms with Crippen LogP contribution in [0.2, 0.25) is 0 Å². The second-order valence-electron chi connectivity index (χ2n) is 9.33. The smallest absolute Gasteiger partial charge is 0.305 e. The van der Waals surface area contributed by atoms with Crippen LogP contribution < -0.4 is 10.1 Å². The third kappa shape index (κ3) is 4.82. The van der Waals surface area contributed by atoms with E-state index in [0.717, 1.165) is 75.9 Å². The Balaban J connectivity index is 1.21. The zero-order valence-corrected chi connectivity index (χ0v) is 20.3. The fourth-order valence-electron chi connectivity index (χ4n) is 4.98. The number of carboxylic acid groups (broad SMARTS) is 1. The van der Waals surface area contributed by atoms with Crippen LogP contribution in [0.4, 0.5) is 5.69 Å². The predicted molar refractivity (Wildman–Crippen MR) is 142 cm³/mol. The average Bonchev–Trinajstić information content (AvgIpc) is 3.34. The van der Waals surface area contributed by atoms with Gasteiger partial charge < -0.3 is 15.2 Å². The number of fused-ring (bicyclic) bond motifs is 3. The average molecular weight is 494 g/mol. The summed E-state index contributed by atoms with van der Waals surface area (Å²) in [5.41, 5.74) is 5.05. The Labute approximate surface area is 213 Å². The van der Waals surface area contributed by atoms with Crippen molar-refractivity contribution in [3.05, 3.63) is 90.1 Å². The quantitative estimate of drug-likeness (QED) is 0.313. The van der Waals surface area contributed by atoms with Crippen molar-refractivity contribution in [2.45, 2.75) is 31.7 Å². The maximum Gasteiger partial charge on any atom is 0.305 e. The maximum atomic E-state index is 11.8. The van der Waals surface area contributed by atoms with Gasteiger partial charge in [0.15, 0.2) is 0 Å². The number of hydrogen-bond donors (Lipinski definition) is 2. The minimum Gasteiger partial charge on any atom is -0.493 e. The molecule has 0 radical (unpaired) electrons. The highest BCUT2D eigenvalue weighted by Gasteiger charge is 2.21. The van der Waals surface area contributed by atoms with E-state index in [1.165, 1.54) is 0 Å². The number of nitrogens with one attached hydrogen (secondary N) is 1. The monoisotopic (exact) mass is 493 g/mol. The van der Waals surface area contributed by atoms with Crippen LogP contribution in [0.1, 0.15) is 35.8 Å². The molecular weight excluding hydrogens is 466 g/mol. The first-order valence-corrected chi connectivity index (χ1v) is 12.5. The van der Waals surface area contributed by atoms with Crippen LogP contribution >= 0.6 is 0 Å². The van der Waals surface area contributed by atoms with E-state index in [4.69, 9.17) is 9.72 Å². The number of carboxylic acids is 1. The number of ether oxygens (including phenoxy) is 1. The molecule has 2 aromatic carbocycles. The molecule has 0 saturated carbocycles. The van der Waals surface area contributed by atoms with E-state index in [1.807, 2.05) is 42.5 Å². The molecule has 1 atom stereocenters. The molecule has 0 fully saturated rings. The topological polar surface area (TPSA) is 102 Å². The van der Waals surface area contributed by atoms with Gasteiger partial charge in [-0.1, -0.05) is 12.1 Å². The third-order valence-corrected chi connectivity index (χ3v) is 6.84. The van der Waals surface area contributed by atoms with Gasteiger partial charge in [0.2, 0.25) is 0 Å². The number of aliphatic carboxylic acids is 1. The zero-order chi connectivity index (χ0) is 25.2. The van der Waals surface area contributed by atoms with Crippen LogP contribution in [0.3, 0.4) is 0 Å². The molecule has 3 aromatic heterocycles. The lowest BCUT2D eigenvalue weighted by molar-refractivity contribution is -0.137. The van der Waals surface area contributed by atoms with Crippen molar-refractivity contribution in [1.29, 1.82) is 0 Å². The molecule has 8 nitrogen and oxygen atoms in total. The highest BCUT2D eigenvalue weighted by atomic mass is 16.5. The van der Waals surface area contributed by atoms with Gasteiger partial charge in [0.1, 0.15) is 5.75 Å². The molecule has 0 saturated heterocycles. The highest BCUT2D eigenvalue weighted by Crippen LogP contribution is 2.30. The standard InChI is InChI=1S/C29H27N5O3/c35-29(36)16-28(20-3-4-21-17-30-12-9-19(21)14-20)34-27-8-6-24(15-22(27)18-32-34)37-13-10-23-5-7-25-26(33-23)2-1-11-31-25/h3-9,12,14-15,17-18,28,31H,1-2,10-11,13,16H2,(H,35,36). The first-order chi connectivity index (χ1) is 18.1. The summed E-state index contributed by atoms with van der Waals surface area (Å²) in [4.78, 5) is 20.7. The summed E-state index contributed by atoms with van der Waals surface area (Å²) in [5.74, 6) is -0.130. The molecule has 4 heterocycles. The van der Waals surface area contributed by atoms with E-state index in [9.17, 15) is 9.90 Å². The van der Waals surface area contributed by atoms with Crippen molar-refractivity contribution < 1.29 is 14.6 Å². The molecule has 5 aromatic rings. The summed E-state index contributed by atoms with van der Waals surface area (Å²) < 4.78 is 7.83. The van der Waals surface area contributed by atoms with E-state index in [-0.39, 0.29) is 6.42 Å². The van der Waals surface area contributed by atoms with Gasteiger partial charge in [-0.2, -0.15) is 5.10 Å². The van der Waals surface area contributed by atoms with Crippen molar-refractivity contribution >= 4 is 33.3 Å². The number of hydrogen-bond acceptors (Lipinski definition) is 6. The van der Waals surface area contributed by atoms with Gasteiger partial charge in [-0.3, -0.25) is 19.4 Å². The molecule has 2 N–H and O–H groups in total. The Morgan fingerprint density at radius 2 is 2.00 bits per heavy atom. The number of rotatable bonds is 8. The van der Waals surface area contributed by atoms with Gasteiger partial charge in [0.25, 0.3) is 0 Å². The Kier molecular flexibility index (Phi) is 6.14. The molecule has 0 bridgehead atoms. The van der Waals surface area contributed by atoms with Gasteiger partial charge in [-0.05, 0) is 66.3 Å². The number of aryl methyl sites for hydroxylation is 1. The van der Waals surface area contributed by atoms with Crippen molar-refractivity contribution in [3.63, 3.8) is 0 Å². The van der Waals surface area contributed by atoms with E-state index in [0.29, 0.717) is 6.61 Å². The lowest BCUT2D eigenvalue weighted by Gasteiger charge is -2.18. The Morgan fingerprint density at radius 3 is 2.92 bits per heavy atom. The second-order valence-corrected chi connectivity index (χ2v) is 9.33. The Morgan fingerprint density at radius 1 is 1.05 bits per heavy atom. The molecule has 6 rings (SSSR count). The first-order valence-electron chi connectivity index (χ1n) is 12.5. The second kappa shape index (κ2) is 9.89. The molecule has 1 aliphatic rings. The normalized spacial score (nSPS) is 13.7. The molecule has 37 heavy (non-hydrogen) atoms. The summed E-state index contributed by atoms with van der Waals surface area (Å²) in [6, 6.07) is 17.4. The van der Waals surface area contributed by atoms with Crippen LogP contribution in [0.15, 0.2) is 73.2 Å². The molecule has 0 amide bonds. The zero-order valence-electron chi connectivity index (χ0n) is 20.3. The molecular formula is C29H27N5O3. The van der Waals surface area contributed by atoms with E-state index >= 15 is 0 Å². The number of carbonyl (C=O) groups is 1. The summed E-state index contributed by atoms with van der Waals surface area (Å²) in [6.45, 7) is 1.53. The van der Waals surface area contributed by atoms with Gasteiger partial charge in [-0.15, -0.1) is 0 Å². The molecule has 1 unspecified atom stereocenters. The van der Waals surface area contributed by atoms with E-state index in [1.54, 1.807) is 23.3 Å². The first kappa shape index (κ1) is 23.0. The summed E-state index contributed by atoms with van der Waals surface area (Å²) in [5, 5.41) is 20.5. The molecule has 1 aliphatic heterocycles. The largest absolute Gasteiger partial charge is 0.493 e. The fraction of sp³-hybridized carbons (Fsp3) is 0.241. The number of aromatic nitrogens is 4. The predicted octanol–water partition coefficient (Wildman–Crippen LogP) is 5.02. The third-order valence-electron chi connectivity index (χ3n) is 6.84. The van der Waals surface area contributed by atoms with Crippen molar-refractivity contribution in [1.82, 2.24) is 19.7 Å². The van der Waals surface area contributed by atoms with Gasteiger partial charge >= 0.3 is 5.97 Å². The SMILES string of the molecule is O=C(O)CC(c1ccc2cnccc2c1)n1ncc2cc(OCCc3ccc4c(n3)CCCN4)ccc21. The van der Waals surface area contributed by atoms with Crippen molar-refractivity contribution in [2.75, 3.05) is 18.5 Å².